The molecule has 0 unspecified atom stereocenters. The van der Waals surface area contributed by atoms with Gasteiger partial charge in [-0.15, -0.1) is 0 Å². The van der Waals surface area contributed by atoms with Crippen molar-refractivity contribution in [3.63, 3.8) is 0 Å². The fourth-order valence-electron chi connectivity index (χ4n) is 1.49. The van der Waals surface area contributed by atoms with Crippen molar-refractivity contribution < 1.29 is 4.79 Å². The summed E-state index contributed by atoms with van der Waals surface area (Å²) in [4.78, 5) is 20.0. The zero-order valence-corrected chi connectivity index (χ0v) is 13.5. The molecule has 122 valence electrons. The van der Waals surface area contributed by atoms with Crippen LogP contribution in [0.2, 0.25) is 5.02 Å². The van der Waals surface area contributed by atoms with Crippen LogP contribution in [0.3, 0.4) is 0 Å². The monoisotopic (exact) mass is 343 g/mol. The summed E-state index contributed by atoms with van der Waals surface area (Å²) in [6.07, 6.45) is 4.38. The van der Waals surface area contributed by atoms with Gasteiger partial charge in [-0.2, -0.15) is 5.10 Å². The first-order valence-electron chi connectivity index (χ1n) is 6.24. The molecular weight excluding hydrogens is 330 g/mol. The third-order valence-corrected chi connectivity index (χ3v) is 2.81. The molecule has 0 bridgehead atoms. The van der Waals surface area contributed by atoms with Crippen LogP contribution in [0.15, 0.2) is 35.7 Å². The van der Waals surface area contributed by atoms with Crippen molar-refractivity contribution in [3.8, 4) is 13.1 Å². The largest absolute Gasteiger partial charge is 0.323 e. The summed E-state index contributed by atoms with van der Waals surface area (Å²) in [6, 6.07) is 5.01. The van der Waals surface area contributed by atoms with Crippen molar-refractivity contribution in [2.24, 2.45) is 10.9 Å². The van der Waals surface area contributed by atoms with Gasteiger partial charge in [-0.1, -0.05) is 11.6 Å². The van der Waals surface area contributed by atoms with Gasteiger partial charge < -0.3 is 11.2 Å². The molecule has 0 spiro atoms. The van der Waals surface area contributed by atoms with Gasteiger partial charge in [0, 0.05) is 30.6 Å². The fourth-order valence-corrected chi connectivity index (χ4v) is 1.72. The lowest BCUT2D eigenvalue weighted by Gasteiger charge is -2.06. The zero-order chi connectivity index (χ0) is 18.5. The number of nitrogens with one attached hydrogen (secondary N) is 1. The van der Waals surface area contributed by atoms with Crippen LogP contribution in [0.5, 0.6) is 0 Å². The normalized spacial score (nSPS) is 9.08. The van der Waals surface area contributed by atoms with Crippen LogP contribution < -0.4 is 11.2 Å². The van der Waals surface area contributed by atoms with Gasteiger partial charge in [-0.25, -0.2) is 15.5 Å². The van der Waals surface area contributed by atoms with Crippen LogP contribution in [-0.4, -0.2) is 22.1 Å². The van der Waals surface area contributed by atoms with Crippen LogP contribution in [-0.2, 0) is 0 Å². The molecule has 1 heterocycles. The minimum Gasteiger partial charge on any atom is -0.323 e. The number of carbonyl (C=O) groups is 1. The van der Waals surface area contributed by atoms with Gasteiger partial charge >= 0.3 is 0 Å². The highest BCUT2D eigenvalue weighted by Crippen LogP contribution is 2.20. The SMILES string of the molecule is C#N.C#N.Cc1cnc(C(=O)Nc2ccc(C=NN)c(Cl)c2)cn1. The number of benzene rings is 1. The van der Waals surface area contributed by atoms with Crippen molar-refractivity contribution >= 4 is 29.4 Å². The quantitative estimate of drug-likeness (QED) is 0.497. The Morgan fingerprint density at radius 1 is 1.29 bits per heavy atom. The molecule has 24 heavy (non-hydrogen) atoms. The van der Waals surface area contributed by atoms with Crippen molar-refractivity contribution in [2.45, 2.75) is 6.92 Å². The summed E-state index contributed by atoms with van der Waals surface area (Å²) in [6.45, 7) is 8.80. The Kier molecular flexibility index (Phi) is 9.51. The first kappa shape index (κ1) is 20.5. The Morgan fingerprint density at radius 2 is 1.96 bits per heavy atom. The molecular formula is C15H14ClN7O. The average Bonchev–Trinajstić information content (AvgIpc) is 2.61. The molecule has 1 aromatic heterocycles. The van der Waals surface area contributed by atoms with Gasteiger partial charge in [0.05, 0.1) is 23.1 Å². The van der Waals surface area contributed by atoms with Crippen molar-refractivity contribution in [1.29, 1.82) is 10.5 Å². The number of hydrazone groups is 1. The van der Waals surface area contributed by atoms with Gasteiger partial charge in [0.1, 0.15) is 5.69 Å². The van der Waals surface area contributed by atoms with Gasteiger partial charge in [0.25, 0.3) is 5.91 Å². The van der Waals surface area contributed by atoms with Crippen LogP contribution >= 0.6 is 11.6 Å². The van der Waals surface area contributed by atoms with Crippen molar-refractivity contribution in [3.05, 3.63) is 52.6 Å². The summed E-state index contributed by atoms with van der Waals surface area (Å²) in [5.41, 5.74) is 2.20. The van der Waals surface area contributed by atoms with Gasteiger partial charge in [0.15, 0.2) is 0 Å². The highest BCUT2D eigenvalue weighted by molar-refractivity contribution is 6.33. The van der Waals surface area contributed by atoms with E-state index in [4.69, 9.17) is 28.0 Å². The summed E-state index contributed by atoms with van der Waals surface area (Å²) < 4.78 is 0. The number of hydrogen-bond donors (Lipinski definition) is 2. The summed E-state index contributed by atoms with van der Waals surface area (Å²) in [5.74, 6) is 4.71. The molecule has 0 saturated heterocycles. The molecule has 0 radical (unpaired) electrons. The zero-order valence-electron chi connectivity index (χ0n) is 12.7. The van der Waals surface area contributed by atoms with Crippen LogP contribution in [0.4, 0.5) is 5.69 Å². The number of amides is 1. The minimum atomic E-state index is -0.353. The predicted molar refractivity (Wildman–Crippen MR) is 91.3 cm³/mol. The maximum atomic E-state index is 11.9. The van der Waals surface area contributed by atoms with E-state index in [1.807, 2.05) is 0 Å². The number of nitrogens with two attached hydrogens (primary N) is 1. The summed E-state index contributed by atoms with van der Waals surface area (Å²) in [7, 11) is 0. The lowest BCUT2D eigenvalue weighted by atomic mass is 10.2. The van der Waals surface area contributed by atoms with Gasteiger partial charge in [-0.05, 0) is 25.1 Å². The van der Waals surface area contributed by atoms with E-state index in [-0.39, 0.29) is 11.6 Å². The van der Waals surface area contributed by atoms with E-state index in [1.165, 1.54) is 18.6 Å². The highest BCUT2D eigenvalue weighted by atomic mass is 35.5. The maximum Gasteiger partial charge on any atom is 0.275 e. The van der Waals surface area contributed by atoms with E-state index in [0.29, 0.717) is 16.3 Å². The first-order chi connectivity index (χ1) is 11.6. The summed E-state index contributed by atoms with van der Waals surface area (Å²) in [5, 5.41) is 19.5. The number of rotatable bonds is 3. The molecule has 8 nitrogen and oxygen atoms in total. The molecule has 0 aliphatic heterocycles. The molecule has 1 aromatic carbocycles. The number of nitriles is 2. The van der Waals surface area contributed by atoms with E-state index in [9.17, 15) is 4.79 Å². The Balaban J connectivity index is 0.00000123. The number of halogens is 1. The number of hydrogen-bond acceptors (Lipinski definition) is 7. The van der Waals surface area contributed by atoms with E-state index in [1.54, 1.807) is 25.1 Å². The Bertz CT molecular complexity index is 732. The second kappa shape index (κ2) is 11.1. The lowest BCUT2D eigenvalue weighted by molar-refractivity contribution is 0.102. The number of aryl methyl sites for hydroxylation is 1. The second-order valence-electron chi connectivity index (χ2n) is 4.01. The predicted octanol–water partition coefficient (Wildman–Crippen LogP) is 2.26. The highest BCUT2D eigenvalue weighted by Gasteiger charge is 2.09. The Hall–Kier alpha value is -3.49. The molecule has 2 rings (SSSR count). The van der Waals surface area contributed by atoms with E-state index in [0.717, 1.165) is 5.69 Å². The lowest BCUT2D eigenvalue weighted by Crippen LogP contribution is -2.14. The molecule has 0 saturated carbocycles. The average molecular weight is 344 g/mol. The number of carbonyl (C=O) groups excluding carboxylic acids is 1. The first-order valence-corrected chi connectivity index (χ1v) is 6.62. The molecule has 0 atom stereocenters. The van der Waals surface area contributed by atoms with Crippen LogP contribution in [0.25, 0.3) is 0 Å². The topological polar surface area (TPSA) is 141 Å². The molecule has 2 aromatic rings. The molecule has 0 fully saturated rings. The minimum absolute atomic E-state index is 0.235. The van der Waals surface area contributed by atoms with Crippen LogP contribution in [0.1, 0.15) is 21.7 Å². The number of aromatic nitrogens is 2. The smallest absolute Gasteiger partial charge is 0.275 e. The van der Waals surface area contributed by atoms with E-state index in [2.05, 4.69) is 33.5 Å². The van der Waals surface area contributed by atoms with E-state index >= 15 is 0 Å². The molecule has 1 amide bonds. The van der Waals surface area contributed by atoms with E-state index < -0.39 is 0 Å². The van der Waals surface area contributed by atoms with Crippen molar-refractivity contribution in [2.75, 3.05) is 5.32 Å². The number of nitrogens with zero attached hydrogens (tertiary/aromatic N) is 5. The molecule has 9 heteroatoms. The molecule has 3 N–H and O–H groups in total. The number of anilines is 1. The second-order valence-corrected chi connectivity index (χ2v) is 4.42. The van der Waals surface area contributed by atoms with Crippen LogP contribution in [0, 0.1) is 30.6 Å². The van der Waals surface area contributed by atoms with Gasteiger partial charge in [0.2, 0.25) is 0 Å². The third kappa shape index (κ3) is 6.10. The Morgan fingerprint density at radius 3 is 2.46 bits per heavy atom. The third-order valence-electron chi connectivity index (χ3n) is 2.49. The molecule has 0 aliphatic carbocycles. The van der Waals surface area contributed by atoms with Gasteiger partial charge in [-0.3, -0.25) is 9.78 Å². The molecule has 0 aliphatic rings. The Labute approximate surface area is 144 Å². The summed E-state index contributed by atoms with van der Waals surface area (Å²) >= 11 is 6.03. The standard InChI is InChI=1S/C13H12ClN5O.2CHN/c1-8-5-17-12(7-16-8)13(20)19-10-3-2-9(6-18-15)11(14)4-10;2*1-2/h2-7H,15H2,1H3,(H,19,20);2*1H. The van der Waals surface area contributed by atoms with Crippen molar-refractivity contribution in [1.82, 2.24) is 9.97 Å². The fraction of sp³-hybridized carbons (Fsp3) is 0.0667. The maximum absolute atomic E-state index is 11.9.